The molecule has 1 aromatic heterocycles. The first-order valence-electron chi connectivity index (χ1n) is 7.55. The van der Waals surface area contributed by atoms with Gasteiger partial charge >= 0.3 is 0 Å². The van der Waals surface area contributed by atoms with Crippen LogP contribution in [-0.2, 0) is 0 Å². The van der Waals surface area contributed by atoms with E-state index in [1.807, 2.05) is 32.0 Å². The van der Waals surface area contributed by atoms with Crippen LogP contribution in [0, 0.1) is 6.92 Å². The summed E-state index contributed by atoms with van der Waals surface area (Å²) in [5.74, 6) is 0.573. The van der Waals surface area contributed by atoms with Gasteiger partial charge < -0.3 is 10.1 Å². The largest absolute Gasteiger partial charge is 0.494 e. The molecule has 0 aliphatic rings. The fraction of sp³-hybridized carbons (Fsp3) is 0.176. The van der Waals surface area contributed by atoms with Crippen molar-refractivity contribution in [3.63, 3.8) is 0 Å². The number of tetrazole rings is 1. The summed E-state index contributed by atoms with van der Waals surface area (Å²) in [6.07, 6.45) is 1.53. The van der Waals surface area contributed by atoms with Gasteiger partial charge in [-0.3, -0.25) is 4.79 Å². The highest BCUT2D eigenvalue weighted by atomic mass is 16.5. The lowest BCUT2D eigenvalue weighted by atomic mass is 10.1. The first-order valence-corrected chi connectivity index (χ1v) is 7.55. The summed E-state index contributed by atoms with van der Waals surface area (Å²) < 4.78 is 6.95. The van der Waals surface area contributed by atoms with Crippen molar-refractivity contribution in [2.75, 3.05) is 11.9 Å². The van der Waals surface area contributed by atoms with Gasteiger partial charge in [0.15, 0.2) is 0 Å². The molecule has 0 atom stereocenters. The zero-order valence-electron chi connectivity index (χ0n) is 13.4. The number of benzene rings is 2. The smallest absolute Gasteiger partial charge is 0.255 e. The second-order valence-electron chi connectivity index (χ2n) is 5.17. The molecule has 1 heterocycles. The van der Waals surface area contributed by atoms with E-state index in [1.54, 1.807) is 28.9 Å². The zero-order chi connectivity index (χ0) is 16.9. The molecule has 1 N–H and O–H groups in total. The van der Waals surface area contributed by atoms with Crippen molar-refractivity contribution in [1.82, 2.24) is 20.2 Å². The Bertz CT molecular complexity index is 829. The highest BCUT2D eigenvalue weighted by Gasteiger charge is 2.08. The summed E-state index contributed by atoms with van der Waals surface area (Å²) in [4.78, 5) is 12.3. The molecule has 2 aromatic carbocycles. The Morgan fingerprint density at radius 1 is 1.21 bits per heavy atom. The average Bonchev–Trinajstić information content (AvgIpc) is 3.10. The number of anilines is 1. The Hall–Kier alpha value is -3.22. The molecule has 122 valence electrons. The predicted octanol–water partition coefficient (Wildman–Crippen LogP) is 2.62. The van der Waals surface area contributed by atoms with Crippen LogP contribution in [0.25, 0.3) is 5.69 Å². The number of aryl methyl sites for hydroxylation is 1. The summed E-state index contributed by atoms with van der Waals surface area (Å²) in [6.45, 7) is 4.45. The molecule has 0 bridgehead atoms. The minimum Gasteiger partial charge on any atom is -0.494 e. The predicted molar refractivity (Wildman–Crippen MR) is 89.5 cm³/mol. The maximum absolute atomic E-state index is 12.3. The van der Waals surface area contributed by atoms with Crippen LogP contribution in [0.5, 0.6) is 5.75 Å². The molecule has 0 saturated heterocycles. The van der Waals surface area contributed by atoms with E-state index < -0.39 is 0 Å². The molecule has 3 rings (SSSR count). The summed E-state index contributed by atoms with van der Waals surface area (Å²) >= 11 is 0. The van der Waals surface area contributed by atoms with E-state index in [-0.39, 0.29) is 5.91 Å². The van der Waals surface area contributed by atoms with E-state index in [9.17, 15) is 4.79 Å². The van der Waals surface area contributed by atoms with Crippen LogP contribution >= 0.6 is 0 Å². The van der Waals surface area contributed by atoms with Crippen molar-refractivity contribution in [3.8, 4) is 11.4 Å². The van der Waals surface area contributed by atoms with E-state index >= 15 is 0 Å². The van der Waals surface area contributed by atoms with Gasteiger partial charge in [-0.2, -0.15) is 0 Å². The van der Waals surface area contributed by atoms with Gasteiger partial charge in [-0.15, -0.1) is 5.10 Å². The minimum absolute atomic E-state index is 0.173. The van der Waals surface area contributed by atoms with Gasteiger partial charge in [0.2, 0.25) is 0 Å². The molecule has 0 spiro atoms. The first-order chi connectivity index (χ1) is 11.7. The number of hydrogen-bond donors (Lipinski definition) is 1. The van der Waals surface area contributed by atoms with Crippen LogP contribution < -0.4 is 10.1 Å². The minimum atomic E-state index is -0.173. The van der Waals surface area contributed by atoms with Crippen LogP contribution in [-0.4, -0.2) is 32.7 Å². The van der Waals surface area contributed by atoms with E-state index in [0.29, 0.717) is 17.9 Å². The van der Waals surface area contributed by atoms with Gasteiger partial charge in [0.1, 0.15) is 12.1 Å². The molecule has 24 heavy (non-hydrogen) atoms. The van der Waals surface area contributed by atoms with Gasteiger partial charge in [-0.25, -0.2) is 4.68 Å². The molecular formula is C17H17N5O2. The maximum Gasteiger partial charge on any atom is 0.255 e. The molecule has 7 nitrogen and oxygen atoms in total. The fourth-order valence-electron chi connectivity index (χ4n) is 2.33. The standard InChI is InChI=1S/C17H17N5O2/c1-3-24-15-7-4-13(5-8-15)17(23)19-14-6-9-16(12(2)10-14)22-11-18-20-21-22/h4-11H,3H2,1-2H3,(H,19,23). The van der Waals surface area contributed by atoms with E-state index in [1.165, 1.54) is 6.33 Å². The number of nitrogens with zero attached hydrogens (tertiary/aromatic N) is 4. The third-order valence-electron chi connectivity index (χ3n) is 3.48. The highest BCUT2D eigenvalue weighted by Crippen LogP contribution is 2.19. The quantitative estimate of drug-likeness (QED) is 0.780. The number of aromatic nitrogens is 4. The van der Waals surface area contributed by atoms with E-state index in [0.717, 1.165) is 17.0 Å². The van der Waals surface area contributed by atoms with Crippen LogP contribution in [0.3, 0.4) is 0 Å². The first kappa shape index (κ1) is 15.7. The maximum atomic E-state index is 12.3. The average molecular weight is 323 g/mol. The van der Waals surface area contributed by atoms with Gasteiger partial charge in [0.25, 0.3) is 5.91 Å². The molecule has 1 amide bonds. The van der Waals surface area contributed by atoms with Crippen molar-refractivity contribution in [1.29, 1.82) is 0 Å². The zero-order valence-corrected chi connectivity index (χ0v) is 13.4. The van der Waals surface area contributed by atoms with E-state index in [4.69, 9.17) is 4.74 Å². The number of rotatable bonds is 5. The summed E-state index contributed by atoms with van der Waals surface area (Å²) in [5, 5.41) is 14.0. The third-order valence-corrected chi connectivity index (χ3v) is 3.48. The van der Waals surface area contributed by atoms with Crippen LogP contribution in [0.15, 0.2) is 48.8 Å². The van der Waals surface area contributed by atoms with Gasteiger partial charge in [0, 0.05) is 11.3 Å². The molecular weight excluding hydrogens is 306 g/mol. The second-order valence-corrected chi connectivity index (χ2v) is 5.17. The lowest BCUT2D eigenvalue weighted by Crippen LogP contribution is -2.12. The number of hydrogen-bond acceptors (Lipinski definition) is 5. The Morgan fingerprint density at radius 2 is 2.00 bits per heavy atom. The van der Waals surface area contributed by atoms with Crippen molar-refractivity contribution in [3.05, 3.63) is 59.9 Å². The van der Waals surface area contributed by atoms with Crippen molar-refractivity contribution in [2.45, 2.75) is 13.8 Å². The van der Waals surface area contributed by atoms with Crippen LogP contribution in [0.2, 0.25) is 0 Å². The molecule has 0 unspecified atom stereocenters. The Morgan fingerprint density at radius 3 is 2.62 bits per heavy atom. The SMILES string of the molecule is CCOc1ccc(C(=O)Nc2ccc(-n3cnnn3)c(C)c2)cc1. The van der Waals surface area contributed by atoms with E-state index in [2.05, 4.69) is 20.8 Å². The normalized spacial score (nSPS) is 10.4. The van der Waals surface area contributed by atoms with Gasteiger partial charge in [-0.05, 0) is 72.3 Å². The monoisotopic (exact) mass is 323 g/mol. The molecule has 0 saturated carbocycles. The van der Waals surface area contributed by atoms with Crippen molar-refractivity contribution in [2.24, 2.45) is 0 Å². The van der Waals surface area contributed by atoms with Gasteiger partial charge in [0.05, 0.1) is 12.3 Å². The molecule has 7 heteroatoms. The second kappa shape index (κ2) is 6.91. The Balaban J connectivity index is 1.73. The fourth-order valence-corrected chi connectivity index (χ4v) is 2.33. The van der Waals surface area contributed by atoms with Crippen molar-refractivity contribution < 1.29 is 9.53 Å². The summed E-state index contributed by atoms with van der Waals surface area (Å²) in [7, 11) is 0. The number of ether oxygens (including phenoxy) is 1. The van der Waals surface area contributed by atoms with Crippen LogP contribution in [0.1, 0.15) is 22.8 Å². The number of amides is 1. The van der Waals surface area contributed by atoms with Crippen molar-refractivity contribution >= 4 is 11.6 Å². The third kappa shape index (κ3) is 3.40. The Labute approximate surface area is 139 Å². The van der Waals surface area contributed by atoms with Gasteiger partial charge in [-0.1, -0.05) is 0 Å². The van der Waals surface area contributed by atoms with Crippen LogP contribution in [0.4, 0.5) is 5.69 Å². The Kier molecular flexibility index (Phi) is 4.51. The highest BCUT2D eigenvalue weighted by molar-refractivity contribution is 6.04. The topological polar surface area (TPSA) is 81.9 Å². The molecule has 0 radical (unpaired) electrons. The number of carbonyl (C=O) groups excluding carboxylic acids is 1. The molecule has 3 aromatic rings. The summed E-state index contributed by atoms with van der Waals surface area (Å²) in [5.41, 5.74) is 3.09. The summed E-state index contributed by atoms with van der Waals surface area (Å²) in [6, 6.07) is 12.6. The number of carbonyl (C=O) groups is 1. The molecule has 0 fully saturated rings. The molecule has 0 aliphatic carbocycles. The molecule has 0 aliphatic heterocycles. The number of nitrogens with one attached hydrogen (secondary N) is 1. The lowest BCUT2D eigenvalue weighted by molar-refractivity contribution is 0.102. The lowest BCUT2D eigenvalue weighted by Gasteiger charge is -2.10.